The van der Waals surface area contributed by atoms with Crippen molar-refractivity contribution < 1.29 is 0 Å². The molecular weight excluding hydrogens is 336 g/mol. The summed E-state index contributed by atoms with van der Waals surface area (Å²) < 4.78 is 1.76. The monoisotopic (exact) mass is 358 g/mol. The molecule has 2 N–H and O–H groups in total. The molecule has 0 amide bonds. The summed E-state index contributed by atoms with van der Waals surface area (Å²) in [5.41, 5.74) is 5.39. The van der Waals surface area contributed by atoms with E-state index in [4.69, 9.17) is 0 Å². The Morgan fingerprint density at radius 2 is 1.78 bits per heavy atom. The molecule has 0 unspecified atom stereocenters. The lowest BCUT2D eigenvalue weighted by Crippen LogP contribution is -2.07. The van der Waals surface area contributed by atoms with Crippen LogP contribution in [-0.4, -0.2) is 19.7 Å². The fourth-order valence-corrected chi connectivity index (χ4v) is 2.94. The highest BCUT2D eigenvalue weighted by Crippen LogP contribution is 2.25. The number of nitrogens with zero attached hydrogens (tertiary/aromatic N) is 4. The van der Waals surface area contributed by atoms with Gasteiger partial charge in [0.25, 0.3) is 0 Å². The lowest BCUT2D eigenvalue weighted by molar-refractivity contribution is 0.785. The molecule has 0 bridgehead atoms. The highest BCUT2D eigenvalue weighted by atomic mass is 15.3. The summed E-state index contributed by atoms with van der Waals surface area (Å²) in [6.45, 7) is 4.81. The number of aromatic nitrogens is 4. The summed E-state index contributed by atoms with van der Waals surface area (Å²) in [5, 5.41) is 11.9. The SMILES string of the molecule is Cc1ccc(CNc2nc(Nc3cccc(C)c3)c3cnn(C)c3n2)cc1. The van der Waals surface area contributed by atoms with Gasteiger partial charge in [-0.3, -0.25) is 4.68 Å². The van der Waals surface area contributed by atoms with Crippen molar-refractivity contribution in [3.63, 3.8) is 0 Å². The molecule has 0 aliphatic heterocycles. The number of benzene rings is 2. The summed E-state index contributed by atoms with van der Waals surface area (Å²) in [7, 11) is 1.88. The normalized spacial score (nSPS) is 10.9. The zero-order valence-corrected chi connectivity index (χ0v) is 15.7. The predicted octanol–water partition coefficient (Wildman–Crippen LogP) is 4.34. The van der Waals surface area contributed by atoms with Crippen molar-refractivity contribution in [3.8, 4) is 0 Å². The van der Waals surface area contributed by atoms with Crippen LogP contribution in [0.5, 0.6) is 0 Å². The third kappa shape index (κ3) is 3.74. The molecule has 0 atom stereocenters. The molecule has 0 aliphatic carbocycles. The summed E-state index contributed by atoms with van der Waals surface area (Å²) >= 11 is 0. The maximum absolute atomic E-state index is 4.69. The number of hydrogen-bond acceptors (Lipinski definition) is 5. The number of aryl methyl sites for hydroxylation is 3. The molecular formula is C21H22N6. The van der Waals surface area contributed by atoms with Gasteiger partial charge in [-0.25, -0.2) is 0 Å². The first-order valence-electron chi connectivity index (χ1n) is 8.91. The van der Waals surface area contributed by atoms with Crippen molar-refractivity contribution in [2.24, 2.45) is 7.05 Å². The van der Waals surface area contributed by atoms with Crippen LogP contribution in [0.25, 0.3) is 11.0 Å². The van der Waals surface area contributed by atoms with Crippen LogP contribution < -0.4 is 10.6 Å². The van der Waals surface area contributed by atoms with Crippen LogP contribution in [0.1, 0.15) is 16.7 Å². The number of nitrogens with one attached hydrogen (secondary N) is 2. The highest BCUT2D eigenvalue weighted by molar-refractivity contribution is 5.89. The number of fused-ring (bicyclic) bond motifs is 1. The van der Waals surface area contributed by atoms with Crippen LogP contribution in [0.15, 0.2) is 54.7 Å². The van der Waals surface area contributed by atoms with E-state index in [2.05, 4.69) is 75.9 Å². The molecule has 2 aromatic carbocycles. The van der Waals surface area contributed by atoms with Crippen LogP contribution in [0.3, 0.4) is 0 Å². The Balaban J connectivity index is 1.65. The minimum atomic E-state index is 0.571. The van der Waals surface area contributed by atoms with Gasteiger partial charge in [-0.2, -0.15) is 15.1 Å². The third-order valence-corrected chi connectivity index (χ3v) is 4.44. The molecule has 2 aromatic heterocycles. The molecule has 6 heteroatoms. The van der Waals surface area contributed by atoms with Crippen LogP contribution in [0, 0.1) is 13.8 Å². The van der Waals surface area contributed by atoms with Gasteiger partial charge in [-0.1, -0.05) is 42.0 Å². The van der Waals surface area contributed by atoms with Crippen molar-refractivity contribution in [2.75, 3.05) is 10.6 Å². The zero-order valence-electron chi connectivity index (χ0n) is 15.7. The first-order valence-corrected chi connectivity index (χ1v) is 8.91. The predicted molar refractivity (Wildman–Crippen MR) is 109 cm³/mol. The number of rotatable bonds is 5. The molecule has 136 valence electrons. The largest absolute Gasteiger partial charge is 0.350 e. The maximum atomic E-state index is 4.69. The van der Waals surface area contributed by atoms with Gasteiger partial charge in [0.15, 0.2) is 5.65 Å². The maximum Gasteiger partial charge on any atom is 0.227 e. The lowest BCUT2D eigenvalue weighted by atomic mass is 10.1. The summed E-state index contributed by atoms with van der Waals surface area (Å²) in [4.78, 5) is 9.31. The molecule has 4 aromatic rings. The Morgan fingerprint density at radius 1 is 0.963 bits per heavy atom. The quantitative estimate of drug-likeness (QED) is 0.556. The smallest absolute Gasteiger partial charge is 0.227 e. The third-order valence-electron chi connectivity index (χ3n) is 4.44. The number of hydrogen-bond donors (Lipinski definition) is 2. The molecule has 0 fully saturated rings. The van der Waals surface area contributed by atoms with Gasteiger partial charge in [-0.15, -0.1) is 0 Å². The van der Waals surface area contributed by atoms with E-state index in [-0.39, 0.29) is 0 Å². The van der Waals surface area contributed by atoms with Gasteiger partial charge >= 0.3 is 0 Å². The Morgan fingerprint density at radius 3 is 2.56 bits per heavy atom. The molecule has 0 saturated heterocycles. The Bertz CT molecular complexity index is 1080. The van der Waals surface area contributed by atoms with Crippen molar-refractivity contribution in [3.05, 3.63) is 71.4 Å². The van der Waals surface area contributed by atoms with E-state index in [1.807, 2.05) is 19.2 Å². The van der Waals surface area contributed by atoms with Gasteiger partial charge in [0.1, 0.15) is 5.82 Å². The van der Waals surface area contributed by atoms with Crippen molar-refractivity contribution >= 4 is 28.5 Å². The van der Waals surface area contributed by atoms with Crippen LogP contribution >= 0.6 is 0 Å². The Kier molecular flexibility index (Phi) is 4.46. The standard InChI is InChI=1S/C21H22N6/c1-14-7-9-16(10-8-14)12-22-21-25-19(18-13-23-27(3)20(18)26-21)24-17-6-4-5-15(2)11-17/h4-11,13H,12H2,1-3H3,(H2,22,24,25,26). The summed E-state index contributed by atoms with van der Waals surface area (Å²) in [6.07, 6.45) is 1.79. The molecule has 6 nitrogen and oxygen atoms in total. The zero-order chi connectivity index (χ0) is 18.8. The van der Waals surface area contributed by atoms with Crippen molar-refractivity contribution in [1.29, 1.82) is 0 Å². The molecule has 0 spiro atoms. The van der Waals surface area contributed by atoms with Gasteiger partial charge in [0, 0.05) is 19.3 Å². The highest BCUT2D eigenvalue weighted by Gasteiger charge is 2.12. The average Bonchev–Trinajstić information content (AvgIpc) is 3.03. The van der Waals surface area contributed by atoms with E-state index in [9.17, 15) is 0 Å². The van der Waals surface area contributed by atoms with E-state index >= 15 is 0 Å². The molecule has 0 radical (unpaired) electrons. The van der Waals surface area contributed by atoms with Crippen LogP contribution in [-0.2, 0) is 13.6 Å². The molecule has 27 heavy (non-hydrogen) atoms. The summed E-state index contributed by atoms with van der Waals surface area (Å²) in [5.74, 6) is 1.31. The molecule has 4 rings (SSSR count). The van der Waals surface area contributed by atoms with Crippen molar-refractivity contribution in [1.82, 2.24) is 19.7 Å². The number of anilines is 3. The first kappa shape index (κ1) is 17.0. The topological polar surface area (TPSA) is 67.7 Å². The lowest BCUT2D eigenvalue weighted by Gasteiger charge is -2.11. The fraction of sp³-hybridized carbons (Fsp3) is 0.190. The minimum absolute atomic E-state index is 0.571. The molecule has 0 saturated carbocycles. The van der Waals surface area contributed by atoms with E-state index in [1.165, 1.54) is 16.7 Å². The second-order valence-corrected chi connectivity index (χ2v) is 6.73. The van der Waals surface area contributed by atoms with Crippen LogP contribution in [0.2, 0.25) is 0 Å². The average molecular weight is 358 g/mol. The van der Waals surface area contributed by atoms with E-state index < -0.39 is 0 Å². The minimum Gasteiger partial charge on any atom is -0.350 e. The van der Waals surface area contributed by atoms with E-state index in [0.717, 1.165) is 22.5 Å². The van der Waals surface area contributed by atoms with Gasteiger partial charge in [-0.05, 0) is 37.1 Å². The van der Waals surface area contributed by atoms with Crippen molar-refractivity contribution in [2.45, 2.75) is 20.4 Å². The fourth-order valence-electron chi connectivity index (χ4n) is 2.94. The van der Waals surface area contributed by atoms with Gasteiger partial charge in [0.05, 0.1) is 11.6 Å². The molecule has 2 heterocycles. The van der Waals surface area contributed by atoms with Gasteiger partial charge < -0.3 is 10.6 Å². The van der Waals surface area contributed by atoms with E-state index in [0.29, 0.717) is 12.5 Å². The summed E-state index contributed by atoms with van der Waals surface area (Å²) in [6, 6.07) is 16.6. The molecule has 0 aliphatic rings. The second kappa shape index (κ2) is 7.07. The Hall–Kier alpha value is -3.41. The second-order valence-electron chi connectivity index (χ2n) is 6.73. The van der Waals surface area contributed by atoms with Gasteiger partial charge in [0.2, 0.25) is 5.95 Å². The van der Waals surface area contributed by atoms with Crippen LogP contribution in [0.4, 0.5) is 17.5 Å². The Labute approximate surface area is 158 Å². The first-order chi connectivity index (χ1) is 13.1. The van der Waals surface area contributed by atoms with E-state index in [1.54, 1.807) is 10.9 Å².